The third-order valence-corrected chi connectivity index (χ3v) is 3.50. The van der Waals surface area contributed by atoms with E-state index in [9.17, 15) is 0 Å². The molecule has 0 aliphatic rings. The quantitative estimate of drug-likeness (QED) is 0.870. The highest BCUT2D eigenvalue weighted by Gasteiger charge is 2.07. The van der Waals surface area contributed by atoms with Gasteiger partial charge in [0.15, 0.2) is 0 Å². The van der Waals surface area contributed by atoms with Crippen molar-refractivity contribution in [1.29, 1.82) is 0 Å². The van der Waals surface area contributed by atoms with Crippen molar-refractivity contribution in [1.82, 2.24) is 5.32 Å². The maximum Gasteiger partial charge on any atom is 0.123 e. The van der Waals surface area contributed by atoms with Crippen molar-refractivity contribution < 1.29 is 4.42 Å². The normalized spacial score (nSPS) is 11.1. The average molecular weight is 293 g/mol. The minimum atomic E-state index is 0.451. The zero-order valence-corrected chi connectivity index (χ0v) is 12.9. The highest BCUT2D eigenvalue weighted by molar-refractivity contribution is 6.31. The van der Waals surface area contributed by atoms with Gasteiger partial charge >= 0.3 is 0 Å². The van der Waals surface area contributed by atoms with Gasteiger partial charge in [0.25, 0.3) is 0 Å². The molecule has 0 unspecified atom stereocenters. The summed E-state index contributed by atoms with van der Waals surface area (Å²) < 4.78 is 5.36. The van der Waals surface area contributed by atoms with Crippen molar-refractivity contribution in [3.63, 3.8) is 0 Å². The van der Waals surface area contributed by atoms with Crippen LogP contribution in [0, 0.1) is 0 Å². The number of halogens is 1. The van der Waals surface area contributed by atoms with Crippen LogP contribution in [-0.2, 0) is 13.1 Å². The summed E-state index contributed by atoms with van der Waals surface area (Å²) in [6.07, 6.45) is 1.69. The summed E-state index contributed by atoms with van der Waals surface area (Å²) in [6, 6.07) is 10.5. The molecule has 0 fully saturated rings. The second-order valence-corrected chi connectivity index (χ2v) is 5.65. The molecule has 2 rings (SSSR count). The van der Waals surface area contributed by atoms with Crippen LogP contribution in [0.3, 0.4) is 0 Å². The van der Waals surface area contributed by atoms with E-state index in [0.717, 1.165) is 35.1 Å². The fourth-order valence-corrected chi connectivity index (χ4v) is 2.20. The van der Waals surface area contributed by atoms with Gasteiger partial charge in [0.05, 0.1) is 12.8 Å². The standard InChI is InChI=1S/C16H21ClN2O/c1-12(2)18-10-13-6-7-14(9-16(13)17)19(3)11-15-5-4-8-20-15/h4-9,12,18H,10-11H2,1-3H3. The number of hydrogen-bond acceptors (Lipinski definition) is 3. The fourth-order valence-electron chi connectivity index (χ4n) is 1.96. The SMILES string of the molecule is CC(C)NCc1ccc(N(C)Cc2ccco2)cc1Cl. The van der Waals surface area contributed by atoms with Crippen LogP contribution in [0.25, 0.3) is 0 Å². The molecule has 1 aromatic carbocycles. The minimum absolute atomic E-state index is 0.451. The zero-order chi connectivity index (χ0) is 14.5. The topological polar surface area (TPSA) is 28.4 Å². The summed E-state index contributed by atoms with van der Waals surface area (Å²) in [7, 11) is 2.03. The molecule has 0 radical (unpaired) electrons. The van der Waals surface area contributed by atoms with Gasteiger partial charge < -0.3 is 14.6 Å². The van der Waals surface area contributed by atoms with Gasteiger partial charge in [-0.25, -0.2) is 0 Å². The van der Waals surface area contributed by atoms with Crippen LogP contribution in [0.1, 0.15) is 25.2 Å². The van der Waals surface area contributed by atoms with Crippen molar-refractivity contribution in [2.24, 2.45) is 0 Å². The Balaban J connectivity index is 2.04. The highest BCUT2D eigenvalue weighted by Crippen LogP contribution is 2.24. The third-order valence-electron chi connectivity index (χ3n) is 3.15. The van der Waals surface area contributed by atoms with Crippen molar-refractivity contribution in [3.05, 3.63) is 52.9 Å². The lowest BCUT2D eigenvalue weighted by Crippen LogP contribution is -2.22. The Morgan fingerprint density at radius 3 is 2.70 bits per heavy atom. The molecule has 4 heteroatoms. The summed E-state index contributed by atoms with van der Waals surface area (Å²) in [5.74, 6) is 0.939. The molecule has 1 N–H and O–H groups in total. The number of nitrogens with zero attached hydrogens (tertiary/aromatic N) is 1. The number of hydrogen-bond donors (Lipinski definition) is 1. The van der Waals surface area contributed by atoms with Crippen LogP contribution >= 0.6 is 11.6 Å². The van der Waals surface area contributed by atoms with E-state index < -0.39 is 0 Å². The third kappa shape index (κ3) is 4.02. The average Bonchev–Trinajstić information content (AvgIpc) is 2.89. The molecular formula is C16H21ClN2O. The van der Waals surface area contributed by atoms with Gasteiger partial charge in [0.1, 0.15) is 5.76 Å². The molecule has 20 heavy (non-hydrogen) atoms. The molecule has 0 aliphatic carbocycles. The van der Waals surface area contributed by atoms with Crippen LogP contribution in [0.2, 0.25) is 5.02 Å². The number of anilines is 1. The zero-order valence-electron chi connectivity index (χ0n) is 12.2. The van der Waals surface area contributed by atoms with Gasteiger partial charge in [0, 0.05) is 30.3 Å². The van der Waals surface area contributed by atoms with E-state index in [1.54, 1.807) is 6.26 Å². The second kappa shape index (κ2) is 6.82. The molecular weight excluding hydrogens is 272 g/mol. The largest absolute Gasteiger partial charge is 0.467 e. The highest BCUT2D eigenvalue weighted by atomic mass is 35.5. The van der Waals surface area contributed by atoms with E-state index in [1.807, 2.05) is 25.2 Å². The summed E-state index contributed by atoms with van der Waals surface area (Å²) in [5, 5.41) is 4.17. The Morgan fingerprint density at radius 2 is 2.10 bits per heavy atom. The van der Waals surface area contributed by atoms with Crippen LogP contribution < -0.4 is 10.2 Å². The van der Waals surface area contributed by atoms with Crippen LogP contribution in [0.5, 0.6) is 0 Å². The minimum Gasteiger partial charge on any atom is -0.467 e. The van der Waals surface area contributed by atoms with E-state index >= 15 is 0 Å². The smallest absolute Gasteiger partial charge is 0.123 e. The van der Waals surface area contributed by atoms with Gasteiger partial charge in [-0.15, -0.1) is 0 Å². The summed E-state index contributed by atoms with van der Waals surface area (Å²) in [6.45, 7) is 5.77. The number of furan rings is 1. The Labute approximate surface area is 125 Å². The van der Waals surface area contributed by atoms with E-state index in [4.69, 9.17) is 16.0 Å². The Bertz CT molecular complexity index is 537. The molecule has 0 bridgehead atoms. The fraction of sp³-hybridized carbons (Fsp3) is 0.375. The summed E-state index contributed by atoms with van der Waals surface area (Å²) >= 11 is 6.35. The second-order valence-electron chi connectivity index (χ2n) is 5.25. The lowest BCUT2D eigenvalue weighted by molar-refractivity contribution is 0.507. The maximum absolute atomic E-state index is 6.35. The van der Waals surface area contributed by atoms with Crippen LogP contribution in [0.15, 0.2) is 41.0 Å². The molecule has 1 heterocycles. The molecule has 0 amide bonds. The first-order valence-corrected chi connectivity index (χ1v) is 7.19. The first kappa shape index (κ1) is 14.9. The summed E-state index contributed by atoms with van der Waals surface area (Å²) in [5.41, 5.74) is 2.20. The Morgan fingerprint density at radius 1 is 1.30 bits per heavy atom. The molecule has 0 aliphatic heterocycles. The van der Waals surface area contributed by atoms with E-state index in [0.29, 0.717) is 6.04 Å². The maximum atomic E-state index is 6.35. The van der Waals surface area contributed by atoms with Gasteiger partial charge in [-0.1, -0.05) is 31.5 Å². The molecule has 0 spiro atoms. The first-order chi connectivity index (χ1) is 9.56. The molecule has 3 nitrogen and oxygen atoms in total. The van der Waals surface area contributed by atoms with Crippen LogP contribution in [0.4, 0.5) is 5.69 Å². The summed E-state index contributed by atoms with van der Waals surface area (Å²) in [4.78, 5) is 2.12. The number of benzene rings is 1. The van der Waals surface area contributed by atoms with Gasteiger partial charge in [-0.2, -0.15) is 0 Å². The monoisotopic (exact) mass is 292 g/mol. The predicted molar refractivity (Wildman–Crippen MR) is 84.2 cm³/mol. The Kier molecular flexibility index (Phi) is 5.10. The lowest BCUT2D eigenvalue weighted by atomic mass is 10.2. The molecule has 2 aromatic rings. The van der Waals surface area contributed by atoms with Crippen molar-refractivity contribution >= 4 is 17.3 Å². The predicted octanol–water partition coefficient (Wildman–Crippen LogP) is 4.07. The van der Waals surface area contributed by atoms with Crippen molar-refractivity contribution in [2.75, 3.05) is 11.9 Å². The van der Waals surface area contributed by atoms with Crippen molar-refractivity contribution in [3.8, 4) is 0 Å². The molecule has 108 valence electrons. The molecule has 0 saturated carbocycles. The molecule has 0 atom stereocenters. The Hall–Kier alpha value is -1.45. The van der Waals surface area contributed by atoms with E-state index in [1.165, 1.54) is 0 Å². The molecule has 1 aromatic heterocycles. The van der Waals surface area contributed by atoms with Crippen molar-refractivity contribution in [2.45, 2.75) is 33.0 Å². The van der Waals surface area contributed by atoms with Gasteiger partial charge in [0.2, 0.25) is 0 Å². The first-order valence-electron chi connectivity index (χ1n) is 6.81. The van der Waals surface area contributed by atoms with Gasteiger partial charge in [-0.3, -0.25) is 0 Å². The van der Waals surface area contributed by atoms with E-state index in [-0.39, 0.29) is 0 Å². The molecule has 0 saturated heterocycles. The number of rotatable bonds is 6. The van der Waals surface area contributed by atoms with E-state index in [2.05, 4.69) is 36.2 Å². The lowest BCUT2D eigenvalue weighted by Gasteiger charge is -2.19. The van der Waals surface area contributed by atoms with Gasteiger partial charge in [-0.05, 0) is 29.8 Å². The van der Waals surface area contributed by atoms with Crippen LogP contribution in [-0.4, -0.2) is 13.1 Å². The number of nitrogens with one attached hydrogen (secondary N) is 1.